The van der Waals surface area contributed by atoms with Crippen molar-refractivity contribution >= 4 is 22.9 Å². The van der Waals surface area contributed by atoms with Crippen LogP contribution in [-0.2, 0) is 4.74 Å². The van der Waals surface area contributed by atoms with Gasteiger partial charge in [-0.05, 0) is 6.42 Å². The molecule has 0 amide bonds. The largest absolute Gasteiger partial charge is 0.396 e. The van der Waals surface area contributed by atoms with Crippen LogP contribution in [0.3, 0.4) is 0 Å². The van der Waals surface area contributed by atoms with Crippen molar-refractivity contribution < 1.29 is 14.9 Å². The number of fused-ring (bicyclic) bond motifs is 1. The van der Waals surface area contributed by atoms with E-state index in [4.69, 9.17) is 15.6 Å². The highest BCUT2D eigenvalue weighted by molar-refractivity contribution is 5.83. The first-order valence-corrected chi connectivity index (χ1v) is 5.75. The van der Waals surface area contributed by atoms with Crippen LogP contribution >= 0.6 is 0 Å². The Hall–Kier alpha value is -1.97. The molecular weight excluding hydrogens is 252 g/mol. The van der Waals surface area contributed by atoms with Gasteiger partial charge in [0.05, 0.1) is 6.61 Å². The van der Waals surface area contributed by atoms with E-state index in [2.05, 4.69) is 20.3 Å². The summed E-state index contributed by atoms with van der Waals surface area (Å²) in [6.45, 7) is 0.215. The summed E-state index contributed by atoms with van der Waals surface area (Å²) < 4.78 is 6.48. The van der Waals surface area contributed by atoms with Crippen LogP contribution in [0.4, 0.5) is 11.8 Å². The average molecular weight is 268 g/mol. The monoisotopic (exact) mass is 268 g/mol. The summed E-state index contributed by atoms with van der Waals surface area (Å²) in [6, 6.07) is 0. The molecule has 0 saturated carbocycles. The van der Waals surface area contributed by atoms with E-state index >= 15 is 0 Å². The summed E-state index contributed by atoms with van der Waals surface area (Å²) in [7, 11) is 1.69. The zero-order valence-electron chi connectivity index (χ0n) is 10.4. The quantitative estimate of drug-likeness (QED) is 0.399. The highest BCUT2D eigenvalue weighted by atomic mass is 16.6. The molecule has 9 nitrogen and oxygen atoms in total. The molecule has 0 radical (unpaired) electrons. The average Bonchev–Trinajstić information content (AvgIpc) is 2.81. The van der Waals surface area contributed by atoms with Crippen molar-refractivity contribution in [2.24, 2.45) is 0 Å². The van der Waals surface area contributed by atoms with Crippen LogP contribution in [0.15, 0.2) is 6.33 Å². The Bertz CT molecular complexity index is 557. The molecule has 0 aromatic carbocycles. The van der Waals surface area contributed by atoms with Crippen LogP contribution in [0.2, 0.25) is 0 Å². The maximum Gasteiger partial charge on any atom is 0.244 e. The smallest absolute Gasteiger partial charge is 0.244 e. The van der Waals surface area contributed by atoms with E-state index < -0.39 is 6.41 Å². The molecule has 2 aromatic rings. The van der Waals surface area contributed by atoms with Gasteiger partial charge in [-0.25, -0.2) is 4.98 Å². The van der Waals surface area contributed by atoms with Gasteiger partial charge in [-0.15, -0.1) is 0 Å². The van der Waals surface area contributed by atoms with Gasteiger partial charge >= 0.3 is 0 Å². The van der Waals surface area contributed by atoms with Crippen LogP contribution in [0.1, 0.15) is 12.8 Å². The van der Waals surface area contributed by atoms with Crippen molar-refractivity contribution in [2.45, 2.75) is 12.8 Å². The fourth-order valence-electron chi connectivity index (χ4n) is 1.60. The number of aromatic nitrogens is 4. The predicted octanol–water partition coefficient (Wildman–Crippen LogP) is -0.702. The summed E-state index contributed by atoms with van der Waals surface area (Å²) in [5, 5.41) is 21.4. The van der Waals surface area contributed by atoms with Gasteiger partial charge in [-0.2, -0.15) is 9.97 Å². The number of nitrogens with two attached hydrogens (primary N) is 1. The van der Waals surface area contributed by atoms with E-state index in [9.17, 15) is 5.11 Å². The van der Waals surface area contributed by atoms with Crippen molar-refractivity contribution in [3.05, 3.63) is 6.33 Å². The maximum atomic E-state index is 9.89. The number of nitrogen functional groups attached to an aromatic ring is 1. The lowest BCUT2D eigenvalue weighted by molar-refractivity contribution is -0.152. The second-order valence-corrected chi connectivity index (χ2v) is 3.78. The Balaban J connectivity index is 2.31. The normalized spacial score (nSPS) is 12.8. The molecule has 0 bridgehead atoms. The van der Waals surface area contributed by atoms with E-state index in [0.717, 1.165) is 0 Å². The van der Waals surface area contributed by atoms with Crippen molar-refractivity contribution in [3.63, 3.8) is 0 Å². The zero-order valence-corrected chi connectivity index (χ0v) is 10.4. The summed E-state index contributed by atoms with van der Waals surface area (Å²) >= 11 is 0. The van der Waals surface area contributed by atoms with Gasteiger partial charge in [0.15, 0.2) is 17.0 Å². The fourth-order valence-corrected chi connectivity index (χ4v) is 1.60. The van der Waals surface area contributed by atoms with Gasteiger partial charge in [0.25, 0.3) is 0 Å². The molecule has 2 aromatic heterocycles. The molecule has 104 valence electrons. The molecule has 2 rings (SSSR count). The first kappa shape index (κ1) is 13.5. The van der Waals surface area contributed by atoms with E-state index in [1.807, 2.05) is 0 Å². The zero-order chi connectivity index (χ0) is 13.8. The summed E-state index contributed by atoms with van der Waals surface area (Å²) in [6.07, 6.45) is 0.585. The molecule has 0 fully saturated rings. The maximum absolute atomic E-state index is 9.89. The van der Waals surface area contributed by atoms with E-state index in [1.54, 1.807) is 7.05 Å². The number of hydrogen-bond acceptors (Lipinski definition) is 8. The molecule has 5 N–H and O–H groups in total. The Morgan fingerprint density at radius 1 is 1.53 bits per heavy atom. The molecule has 1 atom stereocenters. The van der Waals surface area contributed by atoms with E-state index in [1.165, 1.54) is 10.9 Å². The number of aliphatic hydroxyl groups excluding tert-OH is 2. The summed E-state index contributed by atoms with van der Waals surface area (Å²) in [5.74, 6) is 0.546. The third kappa shape index (κ3) is 2.72. The first-order chi connectivity index (χ1) is 9.17. The standard InChI is InChI=1S/C10H16N6O3/c1-12-7-6-8(15-9(11)14-7)16(5-13-6)10(18)19-4-2-3-17/h5,10,17-18H,2-4H2,1H3,(H3,11,12,14,15). The van der Waals surface area contributed by atoms with Gasteiger partial charge < -0.3 is 26.0 Å². The summed E-state index contributed by atoms with van der Waals surface area (Å²) in [4.78, 5) is 12.1. The third-order valence-corrected chi connectivity index (χ3v) is 2.48. The van der Waals surface area contributed by atoms with Gasteiger partial charge in [0, 0.05) is 13.7 Å². The lowest BCUT2D eigenvalue weighted by atomic mass is 10.5. The molecule has 0 saturated heterocycles. The minimum Gasteiger partial charge on any atom is -0.396 e. The first-order valence-electron chi connectivity index (χ1n) is 5.75. The molecule has 0 aliphatic heterocycles. The molecular formula is C10H16N6O3. The second kappa shape index (κ2) is 5.78. The molecule has 9 heteroatoms. The number of nitrogens with zero attached hydrogens (tertiary/aromatic N) is 4. The number of aliphatic hydroxyl groups is 2. The van der Waals surface area contributed by atoms with Gasteiger partial charge in [-0.3, -0.25) is 4.57 Å². The lowest BCUT2D eigenvalue weighted by Crippen LogP contribution is -2.14. The molecule has 2 heterocycles. The molecule has 0 aliphatic rings. The van der Waals surface area contributed by atoms with Gasteiger partial charge in [0.1, 0.15) is 6.33 Å². The molecule has 19 heavy (non-hydrogen) atoms. The Morgan fingerprint density at radius 2 is 2.32 bits per heavy atom. The van der Waals surface area contributed by atoms with E-state index in [-0.39, 0.29) is 19.2 Å². The Kier molecular flexibility index (Phi) is 4.10. The van der Waals surface area contributed by atoms with Gasteiger partial charge in [0.2, 0.25) is 12.4 Å². The van der Waals surface area contributed by atoms with Crippen molar-refractivity contribution in [1.29, 1.82) is 0 Å². The van der Waals surface area contributed by atoms with Crippen LogP contribution < -0.4 is 11.1 Å². The minimum atomic E-state index is -1.24. The van der Waals surface area contributed by atoms with Crippen molar-refractivity contribution in [1.82, 2.24) is 19.5 Å². The van der Waals surface area contributed by atoms with E-state index in [0.29, 0.717) is 23.4 Å². The topological polar surface area (TPSA) is 131 Å². The van der Waals surface area contributed by atoms with Crippen LogP contribution in [0.5, 0.6) is 0 Å². The van der Waals surface area contributed by atoms with Crippen LogP contribution in [0, 0.1) is 0 Å². The SMILES string of the molecule is CNc1nc(N)nc2c1ncn2C(O)OCCCO. The minimum absolute atomic E-state index is 0.00355. The predicted molar refractivity (Wildman–Crippen MR) is 68.2 cm³/mol. The second-order valence-electron chi connectivity index (χ2n) is 3.78. The number of anilines is 2. The molecule has 0 spiro atoms. The van der Waals surface area contributed by atoms with Crippen molar-refractivity contribution in [2.75, 3.05) is 31.3 Å². The lowest BCUT2D eigenvalue weighted by Gasteiger charge is -2.13. The molecule has 0 aliphatic carbocycles. The highest BCUT2D eigenvalue weighted by Gasteiger charge is 2.16. The highest BCUT2D eigenvalue weighted by Crippen LogP contribution is 2.21. The molecule has 1 unspecified atom stereocenters. The van der Waals surface area contributed by atoms with Crippen LogP contribution in [0.25, 0.3) is 11.2 Å². The third-order valence-electron chi connectivity index (χ3n) is 2.48. The van der Waals surface area contributed by atoms with Crippen LogP contribution in [-0.4, -0.2) is 50.0 Å². The number of imidazole rings is 1. The number of hydrogen-bond donors (Lipinski definition) is 4. The Labute approximate surface area is 109 Å². The number of rotatable bonds is 6. The summed E-state index contributed by atoms with van der Waals surface area (Å²) in [5.41, 5.74) is 6.45. The van der Waals surface area contributed by atoms with Crippen molar-refractivity contribution in [3.8, 4) is 0 Å². The number of nitrogens with one attached hydrogen (secondary N) is 1. The van der Waals surface area contributed by atoms with Gasteiger partial charge in [-0.1, -0.05) is 0 Å². The number of ether oxygens (including phenoxy) is 1. The fraction of sp³-hybridized carbons (Fsp3) is 0.500. The Morgan fingerprint density at radius 3 is 3.00 bits per heavy atom.